The highest BCUT2D eigenvalue weighted by Gasteiger charge is 2.29. The van der Waals surface area contributed by atoms with Gasteiger partial charge in [-0.2, -0.15) is 4.98 Å². The summed E-state index contributed by atoms with van der Waals surface area (Å²) < 4.78 is 10.8. The molecule has 6 nitrogen and oxygen atoms in total. The van der Waals surface area contributed by atoms with Crippen LogP contribution in [0.15, 0.2) is 4.52 Å². The smallest absolute Gasteiger partial charge is 0.243 e. The normalized spacial score (nSPS) is 27.5. The Morgan fingerprint density at radius 3 is 2.91 bits per heavy atom. The number of aryl methyl sites for hydroxylation is 1. The van der Waals surface area contributed by atoms with E-state index in [1.807, 2.05) is 0 Å². The number of likely N-dealkylation sites (tertiary alicyclic amines) is 1. The van der Waals surface area contributed by atoms with Crippen molar-refractivity contribution >= 4 is 0 Å². The first-order valence-corrected chi connectivity index (χ1v) is 8.55. The topological polar surface area (TPSA) is 63.4 Å². The minimum absolute atomic E-state index is 0.148. The number of aromatic nitrogens is 2. The van der Waals surface area contributed by atoms with Crippen molar-refractivity contribution in [3.63, 3.8) is 0 Å². The average molecular weight is 308 g/mol. The molecule has 2 fully saturated rings. The number of piperidine rings is 1. The maximum absolute atomic E-state index is 5.41. The van der Waals surface area contributed by atoms with Gasteiger partial charge in [0, 0.05) is 20.1 Å². The third-order valence-electron chi connectivity index (χ3n) is 4.96. The van der Waals surface area contributed by atoms with Crippen LogP contribution in [-0.4, -0.2) is 54.4 Å². The lowest BCUT2D eigenvalue weighted by molar-refractivity contribution is 0.116. The van der Waals surface area contributed by atoms with Crippen molar-refractivity contribution in [2.24, 2.45) is 5.92 Å². The predicted octanol–water partition coefficient (Wildman–Crippen LogP) is 1.78. The Morgan fingerprint density at radius 1 is 1.36 bits per heavy atom. The standard InChI is InChI=1S/C16H28N4O2/c1-12-5-8-20(9-6-12)7-3-4-15-18-16(22-19-15)14-10-13(21-2)11-17-14/h12-14,17H,3-11H2,1-2H3/t13-,14+/m0/s1. The van der Waals surface area contributed by atoms with Crippen LogP contribution in [0.1, 0.15) is 50.4 Å². The maximum atomic E-state index is 5.41. The van der Waals surface area contributed by atoms with Crippen LogP contribution in [0, 0.1) is 5.92 Å². The minimum Gasteiger partial charge on any atom is -0.380 e. The van der Waals surface area contributed by atoms with Crippen molar-refractivity contribution in [1.82, 2.24) is 20.4 Å². The summed E-state index contributed by atoms with van der Waals surface area (Å²) in [5.41, 5.74) is 0. The molecule has 2 saturated heterocycles. The van der Waals surface area contributed by atoms with Crippen LogP contribution in [0.5, 0.6) is 0 Å². The molecular weight excluding hydrogens is 280 g/mol. The van der Waals surface area contributed by atoms with Crippen LogP contribution >= 0.6 is 0 Å². The average Bonchev–Trinajstić information content (AvgIpc) is 3.18. The van der Waals surface area contributed by atoms with E-state index in [0.29, 0.717) is 5.89 Å². The quantitative estimate of drug-likeness (QED) is 0.864. The minimum atomic E-state index is 0.148. The Bertz CT molecular complexity index is 457. The highest BCUT2D eigenvalue weighted by atomic mass is 16.5. The molecule has 1 aromatic rings. The second kappa shape index (κ2) is 7.53. The first-order valence-electron chi connectivity index (χ1n) is 8.55. The Hall–Kier alpha value is -0.980. The Labute approximate surface area is 132 Å². The zero-order valence-corrected chi connectivity index (χ0v) is 13.8. The van der Waals surface area contributed by atoms with Gasteiger partial charge in [-0.3, -0.25) is 0 Å². The highest BCUT2D eigenvalue weighted by molar-refractivity contribution is 4.98. The second-order valence-corrected chi connectivity index (χ2v) is 6.73. The summed E-state index contributed by atoms with van der Waals surface area (Å²) in [6.45, 7) is 6.83. The fraction of sp³-hybridized carbons (Fsp3) is 0.875. The van der Waals surface area contributed by atoms with Crippen LogP contribution in [0.3, 0.4) is 0 Å². The van der Waals surface area contributed by atoms with Gasteiger partial charge in [-0.15, -0.1) is 0 Å². The lowest BCUT2D eigenvalue weighted by Gasteiger charge is -2.29. The molecule has 0 aliphatic carbocycles. The molecule has 1 aromatic heterocycles. The largest absolute Gasteiger partial charge is 0.380 e. The lowest BCUT2D eigenvalue weighted by Crippen LogP contribution is -2.33. The van der Waals surface area contributed by atoms with Crippen LogP contribution < -0.4 is 5.32 Å². The van der Waals surface area contributed by atoms with E-state index in [-0.39, 0.29) is 12.1 Å². The van der Waals surface area contributed by atoms with Crippen molar-refractivity contribution in [3.8, 4) is 0 Å². The molecule has 3 heterocycles. The van der Waals surface area contributed by atoms with Crippen molar-refractivity contribution in [3.05, 3.63) is 11.7 Å². The third kappa shape index (κ3) is 4.06. The fourth-order valence-electron chi connectivity index (χ4n) is 3.33. The lowest BCUT2D eigenvalue weighted by atomic mass is 9.99. The molecule has 0 amide bonds. The molecule has 0 radical (unpaired) electrons. The highest BCUT2D eigenvalue weighted by Crippen LogP contribution is 2.23. The Kier molecular flexibility index (Phi) is 5.44. The van der Waals surface area contributed by atoms with E-state index >= 15 is 0 Å². The number of ether oxygens (including phenoxy) is 1. The van der Waals surface area contributed by atoms with Gasteiger partial charge in [0.1, 0.15) is 0 Å². The molecule has 0 unspecified atom stereocenters. The fourth-order valence-corrected chi connectivity index (χ4v) is 3.33. The Balaban J connectivity index is 1.40. The summed E-state index contributed by atoms with van der Waals surface area (Å²) >= 11 is 0. The van der Waals surface area contributed by atoms with Crippen molar-refractivity contribution in [2.45, 2.75) is 51.2 Å². The molecule has 0 bridgehead atoms. The second-order valence-electron chi connectivity index (χ2n) is 6.73. The number of methoxy groups -OCH3 is 1. The number of hydrogen-bond donors (Lipinski definition) is 1. The van der Waals surface area contributed by atoms with E-state index in [4.69, 9.17) is 9.26 Å². The van der Waals surface area contributed by atoms with E-state index in [1.54, 1.807) is 7.11 Å². The molecule has 1 N–H and O–H groups in total. The van der Waals surface area contributed by atoms with Gasteiger partial charge in [-0.25, -0.2) is 0 Å². The van der Waals surface area contributed by atoms with E-state index < -0.39 is 0 Å². The molecule has 124 valence electrons. The van der Waals surface area contributed by atoms with Crippen molar-refractivity contribution in [1.29, 1.82) is 0 Å². The molecule has 2 atom stereocenters. The first-order chi connectivity index (χ1) is 10.7. The number of nitrogens with one attached hydrogen (secondary N) is 1. The summed E-state index contributed by atoms with van der Waals surface area (Å²) in [4.78, 5) is 7.10. The van der Waals surface area contributed by atoms with E-state index in [1.165, 1.54) is 25.9 Å². The monoisotopic (exact) mass is 308 g/mol. The third-order valence-corrected chi connectivity index (χ3v) is 4.96. The van der Waals surface area contributed by atoms with Gasteiger partial charge < -0.3 is 19.5 Å². The summed E-state index contributed by atoms with van der Waals surface area (Å²) in [6.07, 6.45) is 5.83. The van der Waals surface area contributed by atoms with Crippen LogP contribution in [0.2, 0.25) is 0 Å². The predicted molar refractivity (Wildman–Crippen MR) is 83.6 cm³/mol. The first kappa shape index (κ1) is 15.9. The molecule has 6 heteroatoms. The summed E-state index contributed by atoms with van der Waals surface area (Å²) in [7, 11) is 1.75. The number of hydrogen-bond acceptors (Lipinski definition) is 6. The van der Waals surface area contributed by atoms with Gasteiger partial charge in [0.05, 0.1) is 12.1 Å². The molecule has 0 saturated carbocycles. The van der Waals surface area contributed by atoms with Crippen molar-refractivity contribution < 1.29 is 9.26 Å². The van der Waals surface area contributed by atoms with Gasteiger partial charge in [0.2, 0.25) is 5.89 Å². The molecule has 22 heavy (non-hydrogen) atoms. The van der Waals surface area contributed by atoms with Crippen LogP contribution in [0.4, 0.5) is 0 Å². The van der Waals surface area contributed by atoms with Gasteiger partial charge in [-0.1, -0.05) is 12.1 Å². The summed E-state index contributed by atoms with van der Waals surface area (Å²) in [5.74, 6) is 2.44. The number of rotatable bonds is 6. The SMILES string of the molecule is CO[C@@H]1CN[C@@H](c2nc(CCCN3CCC(C)CC3)no2)C1. The summed E-state index contributed by atoms with van der Waals surface area (Å²) in [5, 5.41) is 7.49. The Morgan fingerprint density at radius 2 is 2.18 bits per heavy atom. The molecule has 0 spiro atoms. The zero-order chi connectivity index (χ0) is 15.4. The van der Waals surface area contributed by atoms with E-state index in [2.05, 4.69) is 27.3 Å². The van der Waals surface area contributed by atoms with Gasteiger partial charge in [0.25, 0.3) is 0 Å². The molecule has 2 aliphatic heterocycles. The molecule has 0 aromatic carbocycles. The molecular formula is C16H28N4O2. The molecule has 2 aliphatic rings. The van der Waals surface area contributed by atoms with E-state index in [9.17, 15) is 0 Å². The van der Waals surface area contributed by atoms with Crippen LogP contribution in [0.25, 0.3) is 0 Å². The van der Waals surface area contributed by atoms with Gasteiger partial charge >= 0.3 is 0 Å². The van der Waals surface area contributed by atoms with Crippen molar-refractivity contribution in [2.75, 3.05) is 33.3 Å². The summed E-state index contributed by atoms with van der Waals surface area (Å²) in [6, 6.07) is 0.148. The zero-order valence-electron chi connectivity index (χ0n) is 13.8. The van der Waals surface area contributed by atoms with Crippen LogP contribution in [-0.2, 0) is 11.2 Å². The van der Waals surface area contributed by atoms with E-state index in [0.717, 1.165) is 44.1 Å². The number of nitrogens with zero attached hydrogens (tertiary/aromatic N) is 3. The maximum Gasteiger partial charge on any atom is 0.243 e. The molecule has 3 rings (SSSR count). The van der Waals surface area contributed by atoms with Gasteiger partial charge in [0.15, 0.2) is 5.82 Å². The van der Waals surface area contributed by atoms with Gasteiger partial charge in [-0.05, 0) is 51.2 Å².